The zero-order valence-electron chi connectivity index (χ0n) is 11.6. The number of hydrogen-bond donors (Lipinski definition) is 1. The number of piperazine rings is 1. The van der Waals surface area contributed by atoms with Crippen molar-refractivity contribution in [2.45, 2.75) is 12.5 Å². The predicted octanol–water partition coefficient (Wildman–Crippen LogP) is 1.57. The summed E-state index contributed by atoms with van der Waals surface area (Å²) in [5.41, 5.74) is 1.27. The number of nitrogens with zero attached hydrogens (tertiary/aromatic N) is 1. The van der Waals surface area contributed by atoms with Crippen molar-refractivity contribution in [2.75, 3.05) is 45.9 Å². The monoisotopic (exact) mass is 296 g/mol. The summed E-state index contributed by atoms with van der Waals surface area (Å²) < 4.78 is 10.9. The second kappa shape index (κ2) is 6.76. The number of halogens is 1. The molecule has 110 valence electrons. The van der Waals surface area contributed by atoms with Crippen molar-refractivity contribution in [1.29, 1.82) is 0 Å². The van der Waals surface area contributed by atoms with E-state index < -0.39 is 0 Å². The molecule has 2 aliphatic heterocycles. The van der Waals surface area contributed by atoms with Gasteiger partial charge in [-0.15, -0.1) is 0 Å². The molecule has 0 atom stereocenters. The van der Waals surface area contributed by atoms with Crippen LogP contribution < -0.4 is 10.1 Å². The molecule has 5 heteroatoms. The summed E-state index contributed by atoms with van der Waals surface area (Å²) in [5.74, 6) is 0.769. The lowest BCUT2D eigenvalue weighted by Crippen LogP contribution is -2.44. The Hall–Kier alpha value is -0.810. The summed E-state index contributed by atoms with van der Waals surface area (Å²) >= 11 is 6.29. The van der Waals surface area contributed by atoms with Gasteiger partial charge in [-0.3, -0.25) is 0 Å². The highest BCUT2D eigenvalue weighted by Gasteiger charge is 2.21. The molecule has 2 heterocycles. The van der Waals surface area contributed by atoms with Crippen LogP contribution in [0.4, 0.5) is 0 Å². The van der Waals surface area contributed by atoms with Gasteiger partial charge < -0.3 is 19.7 Å². The normalized spacial score (nSPS) is 20.6. The molecule has 0 bridgehead atoms. The highest BCUT2D eigenvalue weighted by atomic mass is 35.5. The Morgan fingerprint density at radius 3 is 2.75 bits per heavy atom. The Balaban J connectivity index is 1.52. The number of ether oxygens (including phenoxy) is 2. The van der Waals surface area contributed by atoms with E-state index in [2.05, 4.69) is 16.3 Å². The fourth-order valence-corrected chi connectivity index (χ4v) is 2.73. The Labute approximate surface area is 125 Å². The van der Waals surface area contributed by atoms with Gasteiger partial charge in [0.25, 0.3) is 0 Å². The van der Waals surface area contributed by atoms with E-state index in [0.29, 0.717) is 18.2 Å². The first-order valence-electron chi connectivity index (χ1n) is 7.27. The van der Waals surface area contributed by atoms with Gasteiger partial charge in [0.1, 0.15) is 11.9 Å². The Morgan fingerprint density at radius 1 is 1.30 bits per heavy atom. The van der Waals surface area contributed by atoms with Crippen molar-refractivity contribution in [3.63, 3.8) is 0 Å². The molecule has 2 aliphatic rings. The van der Waals surface area contributed by atoms with Crippen LogP contribution in [-0.2, 0) is 11.2 Å². The Kier molecular flexibility index (Phi) is 4.78. The van der Waals surface area contributed by atoms with E-state index in [9.17, 15) is 0 Å². The van der Waals surface area contributed by atoms with Crippen LogP contribution in [0, 0.1) is 0 Å². The topological polar surface area (TPSA) is 33.7 Å². The first-order chi connectivity index (χ1) is 9.81. The van der Waals surface area contributed by atoms with Gasteiger partial charge in [-0.25, -0.2) is 0 Å². The molecule has 0 unspecified atom stereocenters. The molecule has 0 amide bonds. The lowest BCUT2D eigenvalue weighted by atomic mass is 10.1. The summed E-state index contributed by atoms with van der Waals surface area (Å²) in [4.78, 5) is 2.49. The molecule has 2 fully saturated rings. The largest absolute Gasteiger partial charge is 0.484 e. The highest BCUT2D eigenvalue weighted by molar-refractivity contribution is 6.32. The predicted molar refractivity (Wildman–Crippen MR) is 79.7 cm³/mol. The molecular weight excluding hydrogens is 276 g/mol. The fourth-order valence-electron chi connectivity index (χ4n) is 2.48. The summed E-state index contributed by atoms with van der Waals surface area (Å²) in [5, 5.41) is 4.07. The third kappa shape index (κ3) is 3.64. The van der Waals surface area contributed by atoms with E-state index in [1.807, 2.05) is 12.1 Å². The van der Waals surface area contributed by atoms with E-state index in [0.717, 1.165) is 44.9 Å². The van der Waals surface area contributed by atoms with Crippen LogP contribution in [0.3, 0.4) is 0 Å². The van der Waals surface area contributed by atoms with E-state index >= 15 is 0 Å². The molecule has 2 saturated heterocycles. The van der Waals surface area contributed by atoms with Gasteiger partial charge in [-0.1, -0.05) is 17.7 Å². The van der Waals surface area contributed by atoms with Gasteiger partial charge >= 0.3 is 0 Å². The molecule has 20 heavy (non-hydrogen) atoms. The van der Waals surface area contributed by atoms with E-state index in [4.69, 9.17) is 21.1 Å². The second-order valence-electron chi connectivity index (χ2n) is 5.38. The highest BCUT2D eigenvalue weighted by Crippen LogP contribution is 2.27. The van der Waals surface area contributed by atoms with Crippen LogP contribution >= 0.6 is 11.6 Å². The van der Waals surface area contributed by atoms with Crippen LogP contribution in [0.5, 0.6) is 5.75 Å². The maximum atomic E-state index is 6.29. The first kappa shape index (κ1) is 14.1. The minimum Gasteiger partial charge on any atom is -0.484 e. The Morgan fingerprint density at radius 2 is 2.10 bits per heavy atom. The maximum Gasteiger partial charge on any atom is 0.145 e. The first-order valence-corrected chi connectivity index (χ1v) is 7.65. The van der Waals surface area contributed by atoms with Crippen molar-refractivity contribution in [3.05, 3.63) is 28.8 Å². The van der Waals surface area contributed by atoms with Gasteiger partial charge in [0.15, 0.2) is 0 Å². The molecule has 0 aliphatic carbocycles. The number of nitrogens with one attached hydrogen (secondary N) is 1. The SMILES string of the molecule is Clc1cc(CCN2CCNCC2)ccc1OC1COC1. The van der Waals surface area contributed by atoms with Crippen molar-refractivity contribution in [3.8, 4) is 5.75 Å². The van der Waals surface area contributed by atoms with Crippen molar-refractivity contribution >= 4 is 11.6 Å². The molecule has 4 nitrogen and oxygen atoms in total. The lowest BCUT2D eigenvalue weighted by Gasteiger charge is -2.28. The van der Waals surface area contributed by atoms with Crippen LogP contribution in [0.2, 0.25) is 5.02 Å². The molecule has 0 aromatic heterocycles. The van der Waals surface area contributed by atoms with Gasteiger partial charge in [0, 0.05) is 32.7 Å². The minimum absolute atomic E-state index is 0.166. The minimum atomic E-state index is 0.166. The van der Waals surface area contributed by atoms with Crippen LogP contribution in [0.1, 0.15) is 5.56 Å². The summed E-state index contributed by atoms with van der Waals surface area (Å²) in [6.07, 6.45) is 1.20. The van der Waals surface area contributed by atoms with Gasteiger partial charge in [-0.2, -0.15) is 0 Å². The molecule has 1 aromatic carbocycles. The second-order valence-corrected chi connectivity index (χ2v) is 5.79. The molecule has 0 radical (unpaired) electrons. The maximum absolute atomic E-state index is 6.29. The Bertz CT molecular complexity index is 445. The average Bonchev–Trinajstić information content (AvgIpc) is 2.43. The summed E-state index contributed by atoms with van der Waals surface area (Å²) in [7, 11) is 0. The van der Waals surface area contributed by atoms with E-state index in [-0.39, 0.29) is 6.10 Å². The average molecular weight is 297 g/mol. The van der Waals surface area contributed by atoms with Crippen molar-refractivity contribution in [1.82, 2.24) is 10.2 Å². The smallest absolute Gasteiger partial charge is 0.145 e. The van der Waals surface area contributed by atoms with Crippen molar-refractivity contribution in [2.24, 2.45) is 0 Å². The summed E-state index contributed by atoms with van der Waals surface area (Å²) in [6, 6.07) is 6.12. The third-order valence-corrected chi connectivity index (χ3v) is 4.12. The van der Waals surface area contributed by atoms with Crippen LogP contribution in [-0.4, -0.2) is 56.9 Å². The molecule has 3 rings (SSSR count). The quantitative estimate of drug-likeness (QED) is 0.894. The number of rotatable bonds is 5. The third-order valence-electron chi connectivity index (χ3n) is 3.82. The summed E-state index contributed by atoms with van der Waals surface area (Å²) in [6.45, 7) is 6.89. The standard InChI is InChI=1S/C15H21ClN2O2/c16-14-9-12(3-6-18-7-4-17-5-8-18)1-2-15(14)20-13-10-19-11-13/h1-2,9,13,17H,3-8,10-11H2. The van der Waals surface area contributed by atoms with Gasteiger partial charge in [0.2, 0.25) is 0 Å². The molecule has 1 N–H and O–H groups in total. The van der Waals surface area contributed by atoms with E-state index in [1.54, 1.807) is 0 Å². The zero-order chi connectivity index (χ0) is 13.8. The fraction of sp³-hybridized carbons (Fsp3) is 0.600. The van der Waals surface area contributed by atoms with Gasteiger partial charge in [-0.05, 0) is 24.1 Å². The van der Waals surface area contributed by atoms with Crippen LogP contribution in [0.15, 0.2) is 18.2 Å². The molecule has 0 spiro atoms. The number of benzene rings is 1. The van der Waals surface area contributed by atoms with Crippen molar-refractivity contribution < 1.29 is 9.47 Å². The number of hydrogen-bond acceptors (Lipinski definition) is 4. The molecule has 0 saturated carbocycles. The molecular formula is C15H21ClN2O2. The lowest BCUT2D eigenvalue weighted by molar-refractivity contribution is -0.0796. The molecule has 1 aromatic rings. The zero-order valence-corrected chi connectivity index (χ0v) is 12.4. The van der Waals surface area contributed by atoms with Crippen LogP contribution in [0.25, 0.3) is 0 Å². The van der Waals surface area contributed by atoms with Gasteiger partial charge in [0.05, 0.1) is 18.2 Å². The van der Waals surface area contributed by atoms with E-state index in [1.165, 1.54) is 5.56 Å².